The Morgan fingerprint density at radius 2 is 1.90 bits per heavy atom. The molecule has 4 rings (SSSR count). The smallest absolute Gasteiger partial charge is 0.347 e. The van der Waals surface area contributed by atoms with Gasteiger partial charge in [-0.1, -0.05) is 24.3 Å². The van der Waals surface area contributed by atoms with E-state index in [1.165, 1.54) is 22.5 Å². The number of carboxylic acids is 1. The lowest BCUT2D eigenvalue weighted by Gasteiger charge is -2.22. The van der Waals surface area contributed by atoms with Gasteiger partial charge in [0.15, 0.2) is 0 Å². The zero-order valence-corrected chi connectivity index (χ0v) is 12.5. The molecule has 1 N–H and O–H groups in total. The number of rotatable bonds is 3. The Labute approximate surface area is 127 Å². The Bertz CT molecular complexity index is 703. The average molecular weight is 299 g/mol. The maximum Gasteiger partial charge on any atom is 0.347 e. The first-order chi connectivity index (χ1) is 10.2. The van der Waals surface area contributed by atoms with Gasteiger partial charge in [-0.05, 0) is 43.2 Å². The maximum absolute atomic E-state index is 11.4. The van der Waals surface area contributed by atoms with Gasteiger partial charge in [0, 0.05) is 11.8 Å². The second-order valence-electron chi connectivity index (χ2n) is 6.05. The van der Waals surface area contributed by atoms with E-state index in [4.69, 9.17) is 4.98 Å². The highest BCUT2D eigenvalue weighted by Gasteiger charge is 2.33. The van der Waals surface area contributed by atoms with Crippen molar-refractivity contribution < 1.29 is 9.90 Å². The second-order valence-corrected chi connectivity index (χ2v) is 7.08. The van der Waals surface area contributed by atoms with Gasteiger partial charge >= 0.3 is 5.97 Å². The zero-order chi connectivity index (χ0) is 14.4. The quantitative estimate of drug-likeness (QED) is 0.932. The first kappa shape index (κ1) is 13.0. The number of aryl methyl sites for hydroxylation is 1. The van der Waals surface area contributed by atoms with Crippen LogP contribution in [0.2, 0.25) is 0 Å². The summed E-state index contributed by atoms with van der Waals surface area (Å²) in [6.45, 7) is 0. The highest BCUT2D eigenvalue weighted by atomic mass is 32.1. The predicted octanol–water partition coefficient (Wildman–Crippen LogP) is 3.99. The molecule has 1 fully saturated rings. The molecule has 1 heterocycles. The number of aromatic nitrogens is 1. The first-order valence-corrected chi connectivity index (χ1v) is 8.34. The fraction of sp³-hybridized carbons (Fsp3) is 0.412. The van der Waals surface area contributed by atoms with Gasteiger partial charge in [-0.3, -0.25) is 0 Å². The van der Waals surface area contributed by atoms with Gasteiger partial charge in [0.1, 0.15) is 4.88 Å². The molecule has 21 heavy (non-hydrogen) atoms. The maximum atomic E-state index is 11.4. The molecule has 0 bridgehead atoms. The van der Waals surface area contributed by atoms with Gasteiger partial charge in [0.2, 0.25) is 0 Å². The number of carbonyl (C=O) groups is 1. The number of carboxylic acid groups (broad SMARTS) is 1. The van der Waals surface area contributed by atoms with Crippen molar-refractivity contribution in [1.29, 1.82) is 0 Å². The molecule has 0 amide bonds. The van der Waals surface area contributed by atoms with E-state index in [1.54, 1.807) is 0 Å². The van der Waals surface area contributed by atoms with Crippen LogP contribution in [-0.4, -0.2) is 16.1 Å². The molecule has 3 nitrogen and oxygen atoms in total. The summed E-state index contributed by atoms with van der Waals surface area (Å²) in [5.74, 6) is -0.0238. The van der Waals surface area contributed by atoms with Crippen molar-refractivity contribution in [3.63, 3.8) is 0 Å². The van der Waals surface area contributed by atoms with Crippen LogP contribution in [0.5, 0.6) is 0 Å². The Morgan fingerprint density at radius 3 is 2.62 bits per heavy atom. The summed E-state index contributed by atoms with van der Waals surface area (Å²) < 4.78 is 0. The molecule has 2 aromatic rings. The van der Waals surface area contributed by atoms with Crippen molar-refractivity contribution in [3.8, 4) is 0 Å². The summed E-state index contributed by atoms with van der Waals surface area (Å²) in [5, 5.41) is 10.4. The number of aromatic carboxylic acids is 1. The number of benzene rings is 1. The summed E-state index contributed by atoms with van der Waals surface area (Å²) in [7, 11) is 0. The standard InChI is InChI=1S/C17H17NO2S/c19-17(20)15-14(11-6-7-11)18-16(21-15)13-8-5-10-3-1-2-4-12(10)9-13/h1-4,11,13H,5-9H2,(H,19,20). The van der Waals surface area contributed by atoms with Crippen LogP contribution < -0.4 is 0 Å². The molecule has 1 atom stereocenters. The third-order valence-electron chi connectivity index (χ3n) is 4.52. The lowest BCUT2D eigenvalue weighted by Crippen LogP contribution is -2.12. The van der Waals surface area contributed by atoms with Crippen molar-refractivity contribution in [1.82, 2.24) is 4.98 Å². The SMILES string of the molecule is O=C(O)c1sc(C2CCc3ccccc3C2)nc1C1CC1. The minimum absolute atomic E-state index is 0.385. The monoisotopic (exact) mass is 299 g/mol. The van der Waals surface area contributed by atoms with Gasteiger partial charge in [-0.25, -0.2) is 9.78 Å². The predicted molar refractivity (Wildman–Crippen MR) is 82.3 cm³/mol. The van der Waals surface area contributed by atoms with E-state index in [0.717, 1.165) is 42.8 Å². The van der Waals surface area contributed by atoms with Crippen molar-refractivity contribution in [2.75, 3.05) is 0 Å². The van der Waals surface area contributed by atoms with Gasteiger partial charge in [0.25, 0.3) is 0 Å². The van der Waals surface area contributed by atoms with E-state index in [2.05, 4.69) is 24.3 Å². The third kappa shape index (κ3) is 2.38. The van der Waals surface area contributed by atoms with E-state index >= 15 is 0 Å². The minimum Gasteiger partial charge on any atom is -0.477 e. The van der Waals surface area contributed by atoms with Crippen LogP contribution in [0.4, 0.5) is 0 Å². The highest BCUT2D eigenvalue weighted by Crippen LogP contribution is 2.44. The zero-order valence-electron chi connectivity index (χ0n) is 11.7. The van der Waals surface area contributed by atoms with Crippen LogP contribution in [-0.2, 0) is 12.8 Å². The van der Waals surface area contributed by atoms with E-state index < -0.39 is 5.97 Å². The largest absolute Gasteiger partial charge is 0.477 e. The lowest BCUT2D eigenvalue weighted by molar-refractivity contribution is 0.0700. The molecule has 0 aliphatic heterocycles. The van der Waals surface area contributed by atoms with Crippen LogP contribution in [0.3, 0.4) is 0 Å². The minimum atomic E-state index is -0.808. The van der Waals surface area contributed by atoms with Crippen molar-refractivity contribution >= 4 is 17.3 Å². The van der Waals surface area contributed by atoms with Crippen molar-refractivity contribution in [2.45, 2.75) is 43.9 Å². The first-order valence-electron chi connectivity index (χ1n) is 7.53. The van der Waals surface area contributed by atoms with Crippen LogP contribution in [0.15, 0.2) is 24.3 Å². The van der Waals surface area contributed by atoms with E-state index in [-0.39, 0.29) is 0 Å². The van der Waals surface area contributed by atoms with Gasteiger partial charge in [-0.2, -0.15) is 0 Å². The summed E-state index contributed by atoms with van der Waals surface area (Å²) in [6, 6.07) is 8.57. The van der Waals surface area contributed by atoms with Crippen LogP contribution in [0.25, 0.3) is 0 Å². The Kier molecular flexibility index (Phi) is 3.07. The number of thiazole rings is 1. The van der Waals surface area contributed by atoms with E-state index in [1.807, 2.05) is 0 Å². The third-order valence-corrected chi connectivity index (χ3v) is 5.75. The molecule has 108 valence electrons. The fourth-order valence-electron chi connectivity index (χ4n) is 3.22. The van der Waals surface area contributed by atoms with Crippen molar-refractivity contribution in [3.05, 3.63) is 51.0 Å². The van der Waals surface area contributed by atoms with Crippen molar-refractivity contribution in [2.24, 2.45) is 0 Å². The number of hydrogen-bond donors (Lipinski definition) is 1. The van der Waals surface area contributed by atoms with E-state index in [0.29, 0.717) is 16.7 Å². The lowest BCUT2D eigenvalue weighted by atomic mass is 9.84. The molecule has 2 aliphatic carbocycles. The second kappa shape index (κ2) is 4.95. The molecule has 1 saturated carbocycles. The molecule has 2 aliphatic rings. The number of nitrogens with zero attached hydrogens (tertiary/aromatic N) is 1. The average Bonchev–Trinajstić information content (AvgIpc) is 3.25. The number of hydrogen-bond acceptors (Lipinski definition) is 3. The fourth-order valence-corrected chi connectivity index (χ4v) is 4.34. The summed E-state index contributed by atoms with van der Waals surface area (Å²) in [6.07, 6.45) is 5.33. The van der Waals surface area contributed by atoms with Crippen LogP contribution in [0.1, 0.15) is 62.6 Å². The molecule has 1 aromatic heterocycles. The Morgan fingerprint density at radius 1 is 1.14 bits per heavy atom. The Hall–Kier alpha value is -1.68. The summed E-state index contributed by atoms with van der Waals surface area (Å²) >= 11 is 1.41. The molecule has 0 saturated heterocycles. The number of fused-ring (bicyclic) bond motifs is 1. The summed E-state index contributed by atoms with van der Waals surface area (Å²) in [5.41, 5.74) is 3.68. The Balaban J connectivity index is 1.65. The van der Waals surface area contributed by atoms with Gasteiger partial charge < -0.3 is 5.11 Å². The van der Waals surface area contributed by atoms with Crippen LogP contribution >= 0.6 is 11.3 Å². The molecule has 4 heteroatoms. The van der Waals surface area contributed by atoms with Gasteiger partial charge in [-0.15, -0.1) is 11.3 Å². The molecule has 0 radical (unpaired) electrons. The molecular weight excluding hydrogens is 282 g/mol. The van der Waals surface area contributed by atoms with E-state index in [9.17, 15) is 9.90 Å². The van der Waals surface area contributed by atoms with Gasteiger partial charge in [0.05, 0.1) is 10.7 Å². The summed E-state index contributed by atoms with van der Waals surface area (Å²) in [4.78, 5) is 16.6. The molecule has 1 unspecified atom stereocenters. The molecular formula is C17H17NO2S. The topological polar surface area (TPSA) is 50.2 Å². The molecule has 1 aromatic carbocycles. The highest BCUT2D eigenvalue weighted by molar-refractivity contribution is 7.13. The normalized spacial score (nSPS) is 21.0. The molecule has 0 spiro atoms. The van der Waals surface area contributed by atoms with Crippen LogP contribution in [0, 0.1) is 0 Å².